The van der Waals surface area contributed by atoms with Crippen molar-refractivity contribution in [1.29, 1.82) is 0 Å². The number of aromatic hydroxyl groups is 1. The van der Waals surface area contributed by atoms with Gasteiger partial charge in [0.1, 0.15) is 11.9 Å². The first-order valence-electron chi connectivity index (χ1n) is 14.7. The highest BCUT2D eigenvalue weighted by Crippen LogP contribution is 2.51. The predicted molar refractivity (Wildman–Crippen MR) is 161 cm³/mol. The summed E-state index contributed by atoms with van der Waals surface area (Å²) in [5, 5.41) is 29.7. The number of hydrogen-bond acceptors (Lipinski definition) is 10. The van der Waals surface area contributed by atoms with E-state index in [1.807, 2.05) is 30.3 Å². The Labute approximate surface area is 261 Å². The second kappa shape index (κ2) is 11.2. The molecule has 6 N–H and O–H groups in total. The van der Waals surface area contributed by atoms with Crippen LogP contribution < -0.4 is 16.4 Å². The lowest BCUT2D eigenvalue weighted by molar-refractivity contribution is -0.197. The van der Waals surface area contributed by atoms with Crippen LogP contribution in [0.15, 0.2) is 54.6 Å². The van der Waals surface area contributed by atoms with Crippen LogP contribution in [-0.2, 0) is 35.1 Å². The number of esters is 1. The molecule has 236 valence electrons. The van der Waals surface area contributed by atoms with E-state index in [0.29, 0.717) is 5.69 Å². The molecule has 3 amide bonds. The molecule has 46 heavy (non-hydrogen) atoms. The number of benzene rings is 3. The Hall–Kier alpha value is -5.43. The number of carbonyl (C=O) groups is 7. The van der Waals surface area contributed by atoms with Gasteiger partial charge < -0.3 is 31.3 Å². The van der Waals surface area contributed by atoms with Gasteiger partial charge in [0.25, 0.3) is 0 Å². The molecule has 0 aliphatic heterocycles. The van der Waals surface area contributed by atoms with E-state index in [1.165, 1.54) is 19.1 Å². The standard InChI is InChI=1S/C33H29N3O10/c1-2-22(38)46-28-17-12-15-10-11-20(36-32(44)35-19-9-5-7-14-6-3-4-8-16(14)19)26(39)23(15)27(40)24(17)29(41)33(45)18(28)13-21(37)25(30(33)42)31(34)43/h3-11,17-18,24-25,28,39,45H,2,12-13H2,1H3,(H2,34,43)(H2,35,36,44)/t17-,18-,24?,25?,28+,33+/m1/s1. The van der Waals surface area contributed by atoms with Crippen molar-refractivity contribution in [2.45, 2.75) is 37.9 Å². The molecule has 3 aromatic rings. The van der Waals surface area contributed by atoms with E-state index in [-0.39, 0.29) is 29.7 Å². The number of rotatable bonds is 5. The average Bonchev–Trinajstić information content (AvgIpc) is 3.02. The van der Waals surface area contributed by atoms with Gasteiger partial charge in [0.15, 0.2) is 34.7 Å². The number of primary amides is 1. The van der Waals surface area contributed by atoms with Crippen molar-refractivity contribution < 1.29 is 48.5 Å². The monoisotopic (exact) mass is 627 g/mol. The number of hydrogen-bond donors (Lipinski definition) is 5. The molecule has 3 aromatic carbocycles. The molecule has 3 aliphatic carbocycles. The van der Waals surface area contributed by atoms with Gasteiger partial charge in [-0.25, -0.2) is 4.79 Å². The number of carbonyl (C=O) groups excluding carboxylic acids is 7. The van der Waals surface area contributed by atoms with Crippen LogP contribution >= 0.6 is 0 Å². The van der Waals surface area contributed by atoms with Crippen LogP contribution in [0.4, 0.5) is 16.2 Å². The fourth-order valence-corrected chi connectivity index (χ4v) is 7.05. The van der Waals surface area contributed by atoms with Crippen molar-refractivity contribution in [1.82, 2.24) is 0 Å². The van der Waals surface area contributed by atoms with Crippen molar-refractivity contribution in [2.24, 2.45) is 29.4 Å². The third kappa shape index (κ3) is 4.62. The molecule has 13 nitrogen and oxygen atoms in total. The van der Waals surface area contributed by atoms with Crippen molar-refractivity contribution in [2.75, 3.05) is 10.6 Å². The first kappa shape index (κ1) is 30.6. The molecule has 0 aromatic heterocycles. The zero-order valence-electron chi connectivity index (χ0n) is 24.4. The predicted octanol–water partition coefficient (Wildman–Crippen LogP) is 2.06. The second-order valence-corrected chi connectivity index (χ2v) is 11.7. The summed E-state index contributed by atoms with van der Waals surface area (Å²) in [5.74, 6) is -14.1. The Balaban J connectivity index is 1.36. The Morgan fingerprint density at radius 3 is 2.35 bits per heavy atom. The summed E-state index contributed by atoms with van der Waals surface area (Å²) in [6, 6.07) is 14.8. The van der Waals surface area contributed by atoms with E-state index in [1.54, 1.807) is 12.1 Å². The summed E-state index contributed by atoms with van der Waals surface area (Å²) in [7, 11) is 0. The van der Waals surface area contributed by atoms with Crippen LogP contribution in [-0.4, -0.2) is 63.0 Å². The van der Waals surface area contributed by atoms with E-state index in [2.05, 4.69) is 10.6 Å². The molecular weight excluding hydrogens is 598 g/mol. The maximum absolute atomic E-state index is 14.0. The van der Waals surface area contributed by atoms with Gasteiger partial charge in [0, 0.05) is 30.1 Å². The minimum Gasteiger partial charge on any atom is -0.505 e. The van der Waals surface area contributed by atoms with Crippen LogP contribution in [0.3, 0.4) is 0 Å². The van der Waals surface area contributed by atoms with Gasteiger partial charge in [-0.05, 0) is 29.5 Å². The van der Waals surface area contributed by atoms with Crippen molar-refractivity contribution >= 4 is 63.2 Å². The number of nitrogens with two attached hydrogens (primary N) is 1. The average molecular weight is 628 g/mol. The minimum absolute atomic E-state index is 0.122. The summed E-state index contributed by atoms with van der Waals surface area (Å²) in [4.78, 5) is 91.6. The van der Waals surface area contributed by atoms with Gasteiger partial charge >= 0.3 is 12.0 Å². The summed E-state index contributed by atoms with van der Waals surface area (Å²) < 4.78 is 5.59. The Morgan fingerprint density at radius 2 is 1.63 bits per heavy atom. The molecule has 2 fully saturated rings. The van der Waals surface area contributed by atoms with Crippen molar-refractivity contribution in [3.8, 4) is 5.75 Å². The summed E-state index contributed by atoms with van der Waals surface area (Å²) in [6.07, 6.45) is -2.36. The largest absolute Gasteiger partial charge is 0.505 e. The number of phenolic OH excluding ortho intramolecular Hbond substituents is 1. The number of urea groups is 1. The summed E-state index contributed by atoms with van der Waals surface area (Å²) in [5.41, 5.74) is 2.47. The molecule has 2 unspecified atom stereocenters. The van der Waals surface area contributed by atoms with Crippen LogP contribution in [0.5, 0.6) is 5.75 Å². The molecule has 6 rings (SSSR count). The highest BCUT2D eigenvalue weighted by molar-refractivity contribution is 6.31. The van der Waals surface area contributed by atoms with Crippen molar-refractivity contribution in [3.05, 3.63) is 65.7 Å². The third-order valence-electron chi connectivity index (χ3n) is 9.20. The lowest BCUT2D eigenvalue weighted by Crippen LogP contribution is -2.72. The quantitative estimate of drug-likeness (QED) is 0.157. The molecule has 0 radical (unpaired) electrons. The minimum atomic E-state index is -3.04. The zero-order chi connectivity index (χ0) is 33.1. The SMILES string of the molecule is CCC(=O)O[C@H]1[C@@H]2Cc3ccc(NC(=O)Nc4cccc5ccccc45)c(O)c3C(=O)C2C(=O)[C@]2(O)C(=O)C(C(N)=O)C(=O)C[C@H]12. The molecule has 2 saturated carbocycles. The van der Waals surface area contributed by atoms with E-state index in [4.69, 9.17) is 10.5 Å². The first-order chi connectivity index (χ1) is 21.9. The molecule has 0 bridgehead atoms. The topological polar surface area (TPSA) is 219 Å². The first-order valence-corrected chi connectivity index (χ1v) is 14.7. The fraction of sp³-hybridized carbons (Fsp3) is 0.303. The smallest absolute Gasteiger partial charge is 0.323 e. The molecule has 6 atom stereocenters. The molecule has 0 heterocycles. The van der Waals surface area contributed by atoms with E-state index in [0.717, 1.165) is 10.8 Å². The summed E-state index contributed by atoms with van der Waals surface area (Å²) >= 11 is 0. The van der Waals surface area contributed by atoms with E-state index in [9.17, 15) is 43.8 Å². The van der Waals surface area contributed by atoms with Crippen LogP contribution in [0.1, 0.15) is 35.7 Å². The van der Waals surface area contributed by atoms with Gasteiger partial charge in [0.05, 0.1) is 22.9 Å². The number of nitrogens with one attached hydrogen (secondary N) is 2. The lowest BCUT2D eigenvalue weighted by atomic mass is 9.52. The number of phenols is 1. The Morgan fingerprint density at radius 1 is 0.935 bits per heavy atom. The number of fused-ring (bicyclic) bond motifs is 4. The maximum Gasteiger partial charge on any atom is 0.323 e. The van der Waals surface area contributed by atoms with Crippen LogP contribution in [0.25, 0.3) is 10.8 Å². The van der Waals surface area contributed by atoms with Gasteiger partial charge in [-0.2, -0.15) is 0 Å². The van der Waals surface area contributed by atoms with Crippen molar-refractivity contribution in [3.63, 3.8) is 0 Å². The zero-order valence-corrected chi connectivity index (χ0v) is 24.4. The molecule has 3 aliphatic rings. The molecule has 0 saturated heterocycles. The highest BCUT2D eigenvalue weighted by atomic mass is 16.5. The normalized spacial score (nSPS) is 26.9. The molecular formula is C33H29N3O10. The van der Waals surface area contributed by atoms with Gasteiger partial charge in [-0.3, -0.25) is 28.8 Å². The van der Waals surface area contributed by atoms with Crippen LogP contribution in [0, 0.1) is 23.7 Å². The fourth-order valence-electron chi connectivity index (χ4n) is 7.05. The Kier molecular flexibility index (Phi) is 7.43. The Bertz CT molecular complexity index is 1880. The molecule has 0 spiro atoms. The highest BCUT2D eigenvalue weighted by Gasteiger charge is 2.70. The number of ether oxygens (including phenoxy) is 1. The molecule has 13 heteroatoms. The number of aliphatic hydroxyl groups is 1. The van der Waals surface area contributed by atoms with Gasteiger partial charge in [0.2, 0.25) is 5.91 Å². The van der Waals surface area contributed by atoms with Gasteiger partial charge in [-0.15, -0.1) is 0 Å². The summed E-state index contributed by atoms with van der Waals surface area (Å²) in [6.45, 7) is 1.49. The number of anilines is 2. The lowest BCUT2D eigenvalue weighted by Gasteiger charge is -2.52. The third-order valence-corrected chi connectivity index (χ3v) is 9.20. The van der Waals surface area contributed by atoms with E-state index < -0.39 is 88.6 Å². The maximum atomic E-state index is 14.0. The number of amides is 3. The number of Topliss-reactive ketones (excluding diaryl/α,β-unsaturated/α-hetero) is 4. The van der Waals surface area contributed by atoms with Gasteiger partial charge in [-0.1, -0.05) is 49.4 Å². The van der Waals surface area contributed by atoms with Crippen LogP contribution in [0.2, 0.25) is 0 Å². The number of ketones is 4. The van der Waals surface area contributed by atoms with E-state index >= 15 is 0 Å². The second-order valence-electron chi connectivity index (χ2n) is 11.7.